The third-order valence-corrected chi connectivity index (χ3v) is 4.73. The lowest BCUT2D eigenvalue weighted by atomic mass is 9.92. The summed E-state index contributed by atoms with van der Waals surface area (Å²) in [6, 6.07) is 12.8. The molecule has 1 saturated heterocycles. The Morgan fingerprint density at radius 1 is 1.00 bits per heavy atom. The summed E-state index contributed by atoms with van der Waals surface area (Å²) in [5, 5.41) is 3.31. The summed E-state index contributed by atoms with van der Waals surface area (Å²) in [7, 11) is 1.58. The quantitative estimate of drug-likeness (QED) is 0.884. The van der Waals surface area contributed by atoms with Crippen molar-refractivity contribution in [1.29, 1.82) is 0 Å². The first-order valence-corrected chi connectivity index (χ1v) is 8.75. The highest BCUT2D eigenvalue weighted by Gasteiger charge is 2.36. The third kappa shape index (κ3) is 4.19. The van der Waals surface area contributed by atoms with Crippen LogP contribution in [0.4, 0.5) is 13.2 Å². The molecular formula is C20H23F3N2O. The van der Waals surface area contributed by atoms with Gasteiger partial charge in [0, 0.05) is 19.6 Å². The summed E-state index contributed by atoms with van der Waals surface area (Å²) in [5.74, 6) is 0.689. The van der Waals surface area contributed by atoms with E-state index in [4.69, 9.17) is 4.74 Å². The summed E-state index contributed by atoms with van der Waals surface area (Å²) in [6.45, 7) is 3.09. The standard InChI is InChI=1S/C20H23F3N2O/c1-26-16-9-7-15(8-10-16)19(25-13-4-11-24-12-14-25)17-5-2-3-6-18(17)20(21,22)23/h2-3,5-10,19,24H,4,11-14H2,1H3. The number of benzene rings is 2. The molecule has 0 radical (unpaired) electrons. The number of rotatable bonds is 4. The molecule has 3 nitrogen and oxygen atoms in total. The van der Waals surface area contributed by atoms with Crippen LogP contribution in [0.5, 0.6) is 5.75 Å². The average molecular weight is 364 g/mol. The molecule has 2 aromatic carbocycles. The van der Waals surface area contributed by atoms with Gasteiger partial charge in [0.1, 0.15) is 5.75 Å². The van der Waals surface area contributed by atoms with Crippen molar-refractivity contribution in [3.05, 3.63) is 65.2 Å². The topological polar surface area (TPSA) is 24.5 Å². The zero-order valence-electron chi connectivity index (χ0n) is 14.7. The van der Waals surface area contributed by atoms with Crippen LogP contribution in [-0.2, 0) is 6.18 Å². The molecule has 1 aliphatic rings. The molecule has 0 aromatic heterocycles. The molecule has 2 aromatic rings. The monoisotopic (exact) mass is 364 g/mol. The van der Waals surface area contributed by atoms with Gasteiger partial charge in [-0.05, 0) is 42.3 Å². The van der Waals surface area contributed by atoms with Gasteiger partial charge in [-0.2, -0.15) is 13.2 Å². The van der Waals surface area contributed by atoms with Gasteiger partial charge in [0.15, 0.2) is 0 Å². The molecular weight excluding hydrogens is 341 g/mol. The highest BCUT2D eigenvalue weighted by molar-refractivity contribution is 5.40. The number of hydrogen-bond donors (Lipinski definition) is 1. The maximum atomic E-state index is 13.6. The zero-order chi connectivity index (χ0) is 18.6. The first-order valence-electron chi connectivity index (χ1n) is 8.75. The molecule has 0 amide bonds. The van der Waals surface area contributed by atoms with Crippen molar-refractivity contribution in [1.82, 2.24) is 10.2 Å². The van der Waals surface area contributed by atoms with Crippen LogP contribution in [0.3, 0.4) is 0 Å². The smallest absolute Gasteiger partial charge is 0.416 e. The zero-order valence-corrected chi connectivity index (χ0v) is 14.7. The molecule has 1 heterocycles. The van der Waals surface area contributed by atoms with Crippen LogP contribution in [0.1, 0.15) is 29.2 Å². The fourth-order valence-electron chi connectivity index (χ4n) is 3.49. The van der Waals surface area contributed by atoms with Gasteiger partial charge < -0.3 is 10.1 Å². The summed E-state index contributed by atoms with van der Waals surface area (Å²) < 4.78 is 46.1. The Balaban J connectivity index is 2.08. The van der Waals surface area contributed by atoms with E-state index in [2.05, 4.69) is 10.2 Å². The van der Waals surface area contributed by atoms with E-state index in [1.54, 1.807) is 31.4 Å². The van der Waals surface area contributed by atoms with Crippen LogP contribution < -0.4 is 10.1 Å². The fourth-order valence-corrected chi connectivity index (χ4v) is 3.49. The summed E-state index contributed by atoms with van der Waals surface area (Å²) in [5.41, 5.74) is 0.564. The second-order valence-corrected chi connectivity index (χ2v) is 6.40. The Bertz CT molecular complexity index is 708. The van der Waals surface area contributed by atoms with E-state index in [9.17, 15) is 13.2 Å². The normalized spacial score (nSPS) is 17.5. The number of methoxy groups -OCH3 is 1. The lowest BCUT2D eigenvalue weighted by Gasteiger charge is -2.33. The first-order chi connectivity index (χ1) is 12.5. The molecule has 26 heavy (non-hydrogen) atoms. The van der Waals surface area contributed by atoms with E-state index < -0.39 is 17.8 Å². The molecule has 1 fully saturated rings. The molecule has 1 unspecified atom stereocenters. The number of halogens is 3. The first kappa shape index (κ1) is 18.7. The largest absolute Gasteiger partial charge is 0.497 e. The van der Waals surface area contributed by atoms with Crippen LogP contribution in [0.25, 0.3) is 0 Å². The van der Waals surface area contributed by atoms with Crippen molar-refractivity contribution >= 4 is 0 Å². The maximum Gasteiger partial charge on any atom is 0.416 e. The predicted molar refractivity (Wildman–Crippen MR) is 95.3 cm³/mol. The van der Waals surface area contributed by atoms with Crippen molar-refractivity contribution in [3.63, 3.8) is 0 Å². The molecule has 1 aliphatic heterocycles. The molecule has 0 spiro atoms. The number of nitrogens with one attached hydrogen (secondary N) is 1. The van der Waals surface area contributed by atoms with Crippen molar-refractivity contribution in [2.75, 3.05) is 33.3 Å². The second-order valence-electron chi connectivity index (χ2n) is 6.40. The summed E-state index contributed by atoms with van der Waals surface area (Å²) in [6.07, 6.45) is -3.48. The Kier molecular flexibility index (Phi) is 5.84. The maximum absolute atomic E-state index is 13.6. The minimum absolute atomic E-state index is 0.298. The highest BCUT2D eigenvalue weighted by atomic mass is 19.4. The van der Waals surface area contributed by atoms with Crippen molar-refractivity contribution in [3.8, 4) is 5.75 Å². The molecule has 140 valence electrons. The fraction of sp³-hybridized carbons (Fsp3) is 0.400. The summed E-state index contributed by atoms with van der Waals surface area (Å²) in [4.78, 5) is 2.13. The minimum Gasteiger partial charge on any atom is -0.497 e. The average Bonchev–Trinajstić information content (AvgIpc) is 2.91. The Morgan fingerprint density at radius 2 is 1.73 bits per heavy atom. The van der Waals surface area contributed by atoms with E-state index in [1.807, 2.05) is 12.1 Å². The van der Waals surface area contributed by atoms with E-state index in [-0.39, 0.29) is 0 Å². The van der Waals surface area contributed by atoms with Gasteiger partial charge in [-0.1, -0.05) is 30.3 Å². The molecule has 3 rings (SSSR count). The lowest BCUT2D eigenvalue weighted by Crippen LogP contribution is -2.34. The van der Waals surface area contributed by atoms with Crippen LogP contribution in [0.15, 0.2) is 48.5 Å². The third-order valence-electron chi connectivity index (χ3n) is 4.73. The molecule has 0 saturated carbocycles. The van der Waals surface area contributed by atoms with Gasteiger partial charge in [0.2, 0.25) is 0 Å². The number of hydrogen-bond acceptors (Lipinski definition) is 3. The van der Waals surface area contributed by atoms with Crippen molar-refractivity contribution in [2.24, 2.45) is 0 Å². The van der Waals surface area contributed by atoms with Gasteiger partial charge in [-0.15, -0.1) is 0 Å². The van der Waals surface area contributed by atoms with Gasteiger partial charge in [-0.3, -0.25) is 4.90 Å². The van der Waals surface area contributed by atoms with Crippen LogP contribution >= 0.6 is 0 Å². The molecule has 0 aliphatic carbocycles. The van der Waals surface area contributed by atoms with E-state index in [1.165, 1.54) is 12.1 Å². The van der Waals surface area contributed by atoms with Gasteiger partial charge in [0.25, 0.3) is 0 Å². The SMILES string of the molecule is COc1ccc(C(c2ccccc2C(F)(F)F)N2CCCNCC2)cc1. The lowest BCUT2D eigenvalue weighted by molar-refractivity contribution is -0.138. The highest BCUT2D eigenvalue weighted by Crippen LogP contribution is 2.39. The van der Waals surface area contributed by atoms with Crippen molar-refractivity contribution < 1.29 is 17.9 Å². The van der Waals surface area contributed by atoms with E-state index in [0.29, 0.717) is 17.9 Å². The number of nitrogens with zero attached hydrogens (tertiary/aromatic N) is 1. The van der Waals surface area contributed by atoms with Crippen LogP contribution in [-0.4, -0.2) is 38.2 Å². The molecule has 6 heteroatoms. The van der Waals surface area contributed by atoms with Crippen LogP contribution in [0, 0.1) is 0 Å². The van der Waals surface area contributed by atoms with Gasteiger partial charge >= 0.3 is 6.18 Å². The Morgan fingerprint density at radius 3 is 2.42 bits per heavy atom. The summed E-state index contributed by atoms with van der Waals surface area (Å²) >= 11 is 0. The molecule has 0 bridgehead atoms. The molecule has 1 N–H and O–H groups in total. The minimum atomic E-state index is -4.38. The number of ether oxygens (including phenoxy) is 1. The predicted octanol–water partition coefficient (Wildman–Crippen LogP) is 4.10. The van der Waals surface area contributed by atoms with E-state index in [0.717, 1.165) is 31.6 Å². The van der Waals surface area contributed by atoms with E-state index >= 15 is 0 Å². The Labute approximate surface area is 151 Å². The second kappa shape index (κ2) is 8.10. The van der Waals surface area contributed by atoms with Crippen LogP contribution in [0.2, 0.25) is 0 Å². The van der Waals surface area contributed by atoms with Gasteiger partial charge in [-0.25, -0.2) is 0 Å². The molecule has 1 atom stereocenters. The number of alkyl halides is 3. The Hall–Kier alpha value is -2.05. The van der Waals surface area contributed by atoms with Crippen molar-refractivity contribution in [2.45, 2.75) is 18.6 Å². The van der Waals surface area contributed by atoms with Gasteiger partial charge in [0.05, 0.1) is 18.7 Å².